The Morgan fingerprint density at radius 3 is 2.32 bits per heavy atom. The van der Waals surface area contributed by atoms with Crippen molar-refractivity contribution in [1.29, 1.82) is 0 Å². The van der Waals surface area contributed by atoms with Crippen LogP contribution in [0.5, 0.6) is 11.5 Å². The smallest absolute Gasteiger partial charge is 0.261 e. The molecule has 3 aromatic carbocycles. The van der Waals surface area contributed by atoms with Gasteiger partial charge < -0.3 is 19.4 Å². The number of nitrogens with one attached hydrogen (secondary N) is 1. The lowest BCUT2D eigenvalue weighted by atomic mass is 9.98. The van der Waals surface area contributed by atoms with Gasteiger partial charge in [0.15, 0.2) is 11.0 Å². The van der Waals surface area contributed by atoms with Gasteiger partial charge in [-0.25, -0.2) is 5.01 Å². The van der Waals surface area contributed by atoms with Crippen molar-refractivity contribution in [3.8, 4) is 11.5 Å². The fraction of sp³-hybridized carbons (Fsp3) is 0.229. The zero-order valence-electron chi connectivity index (χ0n) is 26.0. The van der Waals surface area contributed by atoms with Gasteiger partial charge in [-0.05, 0) is 71.0 Å². The number of hydrazone groups is 1. The summed E-state index contributed by atoms with van der Waals surface area (Å²) in [6.45, 7) is 0.809. The lowest BCUT2D eigenvalue weighted by Crippen LogP contribution is -2.28. The number of nitrogens with zero attached hydrogens (tertiary/aromatic N) is 5. The minimum Gasteiger partial charge on any atom is -0.497 e. The molecule has 0 bridgehead atoms. The van der Waals surface area contributed by atoms with E-state index in [2.05, 4.69) is 27.6 Å². The van der Waals surface area contributed by atoms with Gasteiger partial charge in [0, 0.05) is 13.0 Å². The molecular weight excluding hydrogens is 633 g/mol. The summed E-state index contributed by atoms with van der Waals surface area (Å²) in [7, 11) is 3.26. The average molecular weight is 667 g/mol. The summed E-state index contributed by atoms with van der Waals surface area (Å²) in [5.74, 6) is 1.92. The summed E-state index contributed by atoms with van der Waals surface area (Å²) < 4.78 is 12.7. The van der Waals surface area contributed by atoms with E-state index in [1.165, 1.54) is 28.7 Å². The molecule has 2 amide bonds. The molecule has 0 saturated carbocycles. The molecule has 47 heavy (non-hydrogen) atoms. The molecule has 0 spiro atoms. The summed E-state index contributed by atoms with van der Waals surface area (Å²) in [4.78, 5) is 27.2. The Hall–Kier alpha value is -4.94. The Bertz CT molecular complexity index is 1820. The highest BCUT2D eigenvalue weighted by molar-refractivity contribution is 7.99. The summed E-state index contributed by atoms with van der Waals surface area (Å²) in [5, 5.41) is 20.7. The van der Waals surface area contributed by atoms with Gasteiger partial charge in [-0.15, -0.1) is 21.5 Å². The fourth-order valence-corrected chi connectivity index (χ4v) is 6.77. The molecule has 6 rings (SSSR count). The second-order valence-electron chi connectivity index (χ2n) is 10.7. The van der Waals surface area contributed by atoms with Crippen LogP contribution in [0.4, 0.5) is 0 Å². The Kier molecular flexibility index (Phi) is 10.3. The van der Waals surface area contributed by atoms with Crippen LogP contribution in [0.1, 0.15) is 44.6 Å². The van der Waals surface area contributed by atoms with Crippen LogP contribution >= 0.6 is 23.1 Å². The van der Waals surface area contributed by atoms with E-state index in [1.807, 2.05) is 82.7 Å². The number of rotatable bonds is 13. The molecule has 0 saturated heterocycles. The van der Waals surface area contributed by atoms with Crippen molar-refractivity contribution in [2.45, 2.75) is 37.1 Å². The van der Waals surface area contributed by atoms with Crippen LogP contribution in [0.3, 0.4) is 0 Å². The number of aromatic nitrogens is 3. The molecule has 240 valence electrons. The van der Waals surface area contributed by atoms with E-state index in [-0.39, 0.29) is 30.2 Å². The summed E-state index contributed by atoms with van der Waals surface area (Å²) >= 11 is 2.70. The number of carbonyl (C=O) groups is 2. The number of benzene rings is 3. The van der Waals surface area contributed by atoms with Crippen LogP contribution in [0.25, 0.3) is 0 Å². The number of ether oxygens (including phenoxy) is 2. The second-order valence-corrected chi connectivity index (χ2v) is 12.6. The lowest BCUT2D eigenvalue weighted by molar-refractivity contribution is -0.130. The van der Waals surface area contributed by atoms with Gasteiger partial charge in [-0.1, -0.05) is 60.3 Å². The first kappa shape index (κ1) is 32.0. The number of hydrogen-bond acceptors (Lipinski definition) is 9. The van der Waals surface area contributed by atoms with E-state index in [1.54, 1.807) is 25.3 Å². The van der Waals surface area contributed by atoms with Gasteiger partial charge in [-0.2, -0.15) is 5.10 Å². The van der Waals surface area contributed by atoms with Crippen molar-refractivity contribution in [3.63, 3.8) is 0 Å². The highest BCUT2D eigenvalue weighted by Gasteiger charge is 2.33. The molecule has 0 fully saturated rings. The molecule has 0 aliphatic carbocycles. The molecule has 5 aromatic rings. The van der Waals surface area contributed by atoms with E-state index >= 15 is 0 Å². The Labute approximate surface area is 281 Å². The highest BCUT2D eigenvalue weighted by Crippen LogP contribution is 2.35. The topological polar surface area (TPSA) is 111 Å². The van der Waals surface area contributed by atoms with Crippen LogP contribution in [0, 0.1) is 0 Å². The molecule has 0 unspecified atom stereocenters. The third-order valence-corrected chi connectivity index (χ3v) is 9.65. The highest BCUT2D eigenvalue weighted by atomic mass is 32.2. The number of thioether (sulfide) groups is 1. The predicted octanol–water partition coefficient (Wildman–Crippen LogP) is 6.00. The molecular formula is C35H34N6O4S2. The molecule has 12 heteroatoms. The van der Waals surface area contributed by atoms with Crippen molar-refractivity contribution in [2.75, 3.05) is 20.0 Å². The molecule has 1 aliphatic heterocycles. The van der Waals surface area contributed by atoms with E-state index in [9.17, 15) is 9.59 Å². The third-order valence-electron chi connectivity index (χ3n) is 7.83. The minimum absolute atomic E-state index is 0.108. The molecule has 3 heterocycles. The zero-order chi connectivity index (χ0) is 32.6. The molecule has 10 nitrogen and oxygen atoms in total. The summed E-state index contributed by atoms with van der Waals surface area (Å²) in [6, 6.07) is 28.9. The van der Waals surface area contributed by atoms with Crippen LogP contribution in [-0.2, 0) is 24.3 Å². The number of carbonyl (C=O) groups excluding carboxylic acids is 2. The van der Waals surface area contributed by atoms with Crippen molar-refractivity contribution in [1.82, 2.24) is 25.1 Å². The first-order valence-electron chi connectivity index (χ1n) is 15.1. The number of aryl methyl sites for hydroxylation is 1. The number of amides is 2. The van der Waals surface area contributed by atoms with E-state index < -0.39 is 0 Å². The van der Waals surface area contributed by atoms with Crippen LogP contribution < -0.4 is 14.8 Å². The third kappa shape index (κ3) is 7.72. The SMILES string of the molecule is COc1ccc(C2=NN(C(=O)CSc3nnc(CNC(=O)c4cccs4)n3CCc3ccccc3)[C@H](c3ccc(OC)cc3)C2)cc1. The van der Waals surface area contributed by atoms with E-state index in [0.29, 0.717) is 28.8 Å². The minimum atomic E-state index is -0.273. The van der Waals surface area contributed by atoms with Gasteiger partial charge in [-0.3, -0.25) is 9.59 Å². The molecule has 1 N–H and O–H groups in total. The maximum atomic E-state index is 13.9. The monoisotopic (exact) mass is 666 g/mol. The average Bonchev–Trinajstić information content (AvgIpc) is 3.90. The van der Waals surface area contributed by atoms with Crippen molar-refractivity contribution in [2.24, 2.45) is 5.10 Å². The van der Waals surface area contributed by atoms with E-state index in [0.717, 1.165) is 34.8 Å². The van der Waals surface area contributed by atoms with Crippen molar-refractivity contribution < 1.29 is 19.1 Å². The standard InChI is InChI=1S/C35H34N6O4S2/c1-44-27-14-10-25(11-15-27)29-21-30(26-12-16-28(45-2)17-13-26)41(39-29)33(42)23-47-35-38-37-32(22-36-34(43)31-9-6-20-46-31)40(35)19-18-24-7-4-3-5-8-24/h3-17,20,30H,18-19,21-23H2,1-2H3,(H,36,43)/t30-/m0/s1. The van der Waals surface area contributed by atoms with Crippen LogP contribution in [0.15, 0.2) is 107 Å². The largest absolute Gasteiger partial charge is 0.497 e. The molecule has 1 aliphatic rings. The molecule has 1 atom stereocenters. The lowest BCUT2D eigenvalue weighted by Gasteiger charge is -2.22. The maximum Gasteiger partial charge on any atom is 0.261 e. The summed E-state index contributed by atoms with van der Waals surface area (Å²) in [6.07, 6.45) is 1.31. The van der Waals surface area contributed by atoms with Crippen molar-refractivity contribution in [3.05, 3.63) is 124 Å². The number of hydrogen-bond donors (Lipinski definition) is 1. The van der Waals surface area contributed by atoms with Gasteiger partial charge in [0.25, 0.3) is 11.8 Å². The normalized spacial score (nSPS) is 14.1. The van der Waals surface area contributed by atoms with Crippen LogP contribution in [-0.4, -0.2) is 57.3 Å². The number of methoxy groups -OCH3 is 2. The first-order chi connectivity index (χ1) is 23.0. The van der Waals surface area contributed by atoms with Gasteiger partial charge in [0.05, 0.1) is 43.1 Å². The second kappa shape index (κ2) is 15.1. The Balaban J connectivity index is 1.21. The molecule has 0 radical (unpaired) electrons. The fourth-order valence-electron chi connectivity index (χ4n) is 5.30. The van der Waals surface area contributed by atoms with Gasteiger partial charge >= 0.3 is 0 Å². The van der Waals surface area contributed by atoms with E-state index in [4.69, 9.17) is 14.6 Å². The van der Waals surface area contributed by atoms with Gasteiger partial charge in [0.1, 0.15) is 11.5 Å². The quantitative estimate of drug-likeness (QED) is 0.154. The zero-order valence-corrected chi connectivity index (χ0v) is 27.7. The Morgan fingerprint density at radius 1 is 0.915 bits per heavy atom. The first-order valence-corrected chi connectivity index (χ1v) is 17.0. The maximum absolute atomic E-state index is 13.9. The summed E-state index contributed by atoms with van der Waals surface area (Å²) in [5.41, 5.74) is 3.89. The Morgan fingerprint density at radius 2 is 1.64 bits per heavy atom. The van der Waals surface area contributed by atoms with Gasteiger partial charge in [0.2, 0.25) is 0 Å². The molecule has 2 aromatic heterocycles. The predicted molar refractivity (Wildman–Crippen MR) is 183 cm³/mol. The van der Waals surface area contributed by atoms with Crippen LogP contribution in [0.2, 0.25) is 0 Å². The number of thiophene rings is 1. The van der Waals surface area contributed by atoms with Crippen molar-refractivity contribution >= 4 is 40.6 Å².